The molecule has 1 N–H and O–H groups in total. The third-order valence-electron chi connectivity index (χ3n) is 5.26. The first-order chi connectivity index (χ1) is 10.2. The Hall–Kier alpha value is -0.820. The molecule has 118 valence electrons. The van der Waals surface area contributed by atoms with Gasteiger partial charge in [0.15, 0.2) is 0 Å². The van der Waals surface area contributed by atoms with Gasteiger partial charge in [-0.25, -0.2) is 0 Å². The van der Waals surface area contributed by atoms with Gasteiger partial charge in [0.05, 0.1) is 0 Å². The predicted molar refractivity (Wildman–Crippen MR) is 90.9 cm³/mol. The molecule has 1 nitrogen and oxygen atoms in total. The fourth-order valence-electron chi connectivity index (χ4n) is 3.68. The van der Waals surface area contributed by atoms with Gasteiger partial charge in [-0.15, -0.1) is 0 Å². The lowest BCUT2D eigenvalue weighted by Crippen LogP contribution is -2.00. The third kappa shape index (κ3) is 4.10. The van der Waals surface area contributed by atoms with E-state index in [1.807, 2.05) is 0 Å². The van der Waals surface area contributed by atoms with E-state index in [0.29, 0.717) is 12.5 Å². The normalized spacial score (nSPS) is 27.1. The second-order valence-electron chi connectivity index (χ2n) is 6.99. The summed E-state index contributed by atoms with van der Waals surface area (Å²) < 4.78 is 0. The van der Waals surface area contributed by atoms with Gasteiger partial charge in [0.25, 0.3) is 0 Å². The molecule has 0 heterocycles. The lowest BCUT2D eigenvalue weighted by atomic mass is 9.92. The SMILES string of the molecule is CC1CCC(c2ccc3c(c2)CCC3CO)C1.CCCC. The number of hydrogen-bond donors (Lipinski definition) is 1. The zero-order chi connectivity index (χ0) is 15.2. The average Bonchev–Trinajstić information content (AvgIpc) is 3.12. The Bertz CT molecular complexity index is 435. The molecule has 0 spiro atoms. The molecule has 0 radical (unpaired) electrons. The Morgan fingerprint density at radius 1 is 1.10 bits per heavy atom. The van der Waals surface area contributed by atoms with Crippen LogP contribution in [-0.4, -0.2) is 11.7 Å². The Balaban J connectivity index is 0.000000361. The second-order valence-corrected chi connectivity index (χ2v) is 6.99. The highest BCUT2D eigenvalue weighted by molar-refractivity contribution is 5.39. The van der Waals surface area contributed by atoms with Crippen molar-refractivity contribution in [3.05, 3.63) is 34.9 Å². The van der Waals surface area contributed by atoms with Crippen molar-refractivity contribution in [2.45, 2.75) is 77.6 Å². The molecule has 1 heteroatoms. The van der Waals surface area contributed by atoms with Crippen LogP contribution < -0.4 is 0 Å². The van der Waals surface area contributed by atoms with Crippen LogP contribution in [0.4, 0.5) is 0 Å². The Kier molecular flexibility index (Phi) is 6.29. The van der Waals surface area contributed by atoms with Crippen LogP contribution in [0.3, 0.4) is 0 Å². The molecule has 1 saturated carbocycles. The molecule has 2 aliphatic rings. The number of hydrogen-bond acceptors (Lipinski definition) is 1. The minimum Gasteiger partial charge on any atom is -0.396 e. The number of aliphatic hydroxyl groups is 1. The molecule has 1 aromatic carbocycles. The summed E-state index contributed by atoms with van der Waals surface area (Å²) in [4.78, 5) is 0. The lowest BCUT2D eigenvalue weighted by Gasteiger charge is -2.13. The van der Waals surface area contributed by atoms with Crippen molar-refractivity contribution in [3.63, 3.8) is 0 Å². The van der Waals surface area contributed by atoms with Crippen molar-refractivity contribution < 1.29 is 5.11 Å². The van der Waals surface area contributed by atoms with E-state index in [1.54, 1.807) is 5.56 Å². The van der Waals surface area contributed by atoms with E-state index in [1.165, 1.54) is 43.2 Å². The van der Waals surface area contributed by atoms with Gasteiger partial charge in [0.1, 0.15) is 0 Å². The molecule has 1 aromatic rings. The maximum absolute atomic E-state index is 9.33. The quantitative estimate of drug-likeness (QED) is 0.787. The van der Waals surface area contributed by atoms with Gasteiger partial charge in [-0.3, -0.25) is 0 Å². The van der Waals surface area contributed by atoms with Gasteiger partial charge < -0.3 is 5.11 Å². The first kappa shape index (κ1) is 16.5. The molecule has 21 heavy (non-hydrogen) atoms. The maximum atomic E-state index is 9.33. The molecule has 0 aromatic heterocycles. The number of aryl methyl sites for hydroxylation is 1. The molecular weight excluding hydrogens is 256 g/mol. The molecule has 0 aliphatic heterocycles. The molecule has 3 atom stereocenters. The fraction of sp³-hybridized carbons (Fsp3) is 0.700. The van der Waals surface area contributed by atoms with Crippen LogP contribution >= 0.6 is 0 Å². The lowest BCUT2D eigenvalue weighted by molar-refractivity contribution is 0.265. The van der Waals surface area contributed by atoms with Gasteiger partial charge in [0.2, 0.25) is 0 Å². The highest BCUT2D eigenvalue weighted by Gasteiger charge is 2.26. The van der Waals surface area contributed by atoms with Crippen molar-refractivity contribution in [1.29, 1.82) is 0 Å². The zero-order valence-corrected chi connectivity index (χ0v) is 14.1. The summed E-state index contributed by atoms with van der Waals surface area (Å²) in [5.41, 5.74) is 4.45. The molecular formula is C20H32O. The van der Waals surface area contributed by atoms with E-state index in [2.05, 4.69) is 39.0 Å². The number of unbranched alkanes of at least 4 members (excludes halogenated alkanes) is 1. The Labute approximate surface area is 130 Å². The molecule has 3 unspecified atom stereocenters. The molecule has 3 rings (SSSR count). The van der Waals surface area contributed by atoms with E-state index < -0.39 is 0 Å². The van der Waals surface area contributed by atoms with Crippen LogP contribution in [0.1, 0.15) is 87.8 Å². The summed E-state index contributed by atoms with van der Waals surface area (Å²) in [7, 11) is 0. The minimum atomic E-state index is 0.312. The monoisotopic (exact) mass is 288 g/mol. The number of aliphatic hydroxyl groups excluding tert-OH is 1. The van der Waals surface area contributed by atoms with Crippen molar-refractivity contribution in [1.82, 2.24) is 0 Å². The van der Waals surface area contributed by atoms with E-state index in [0.717, 1.165) is 24.7 Å². The van der Waals surface area contributed by atoms with Crippen molar-refractivity contribution in [3.8, 4) is 0 Å². The zero-order valence-electron chi connectivity index (χ0n) is 14.1. The smallest absolute Gasteiger partial charge is 0.0499 e. The van der Waals surface area contributed by atoms with E-state index >= 15 is 0 Å². The summed E-state index contributed by atoms with van der Waals surface area (Å²) >= 11 is 0. The summed E-state index contributed by atoms with van der Waals surface area (Å²) in [5, 5.41) is 9.33. The second kappa shape index (κ2) is 7.98. The highest BCUT2D eigenvalue weighted by atomic mass is 16.3. The molecule has 0 bridgehead atoms. The van der Waals surface area contributed by atoms with Gasteiger partial charge in [-0.05, 0) is 54.2 Å². The predicted octanol–water partition coefficient (Wildman–Crippen LogP) is 5.42. The summed E-state index contributed by atoms with van der Waals surface area (Å²) in [6.07, 6.45) is 9.06. The largest absolute Gasteiger partial charge is 0.396 e. The van der Waals surface area contributed by atoms with Crippen molar-refractivity contribution in [2.24, 2.45) is 5.92 Å². The van der Waals surface area contributed by atoms with E-state index in [-0.39, 0.29) is 0 Å². The number of fused-ring (bicyclic) bond motifs is 1. The van der Waals surface area contributed by atoms with E-state index in [4.69, 9.17) is 0 Å². The highest BCUT2D eigenvalue weighted by Crippen LogP contribution is 2.40. The third-order valence-corrected chi connectivity index (χ3v) is 5.26. The van der Waals surface area contributed by atoms with Crippen LogP contribution in [0.25, 0.3) is 0 Å². The average molecular weight is 288 g/mol. The van der Waals surface area contributed by atoms with Crippen molar-refractivity contribution in [2.75, 3.05) is 6.61 Å². The topological polar surface area (TPSA) is 20.2 Å². The summed E-state index contributed by atoms with van der Waals surface area (Å²) in [6.45, 7) is 7.04. The van der Waals surface area contributed by atoms with Crippen LogP contribution in [0.5, 0.6) is 0 Å². The molecule has 0 amide bonds. The van der Waals surface area contributed by atoms with Gasteiger partial charge in [-0.1, -0.05) is 58.2 Å². The van der Waals surface area contributed by atoms with Crippen LogP contribution in [0.2, 0.25) is 0 Å². The number of benzene rings is 1. The first-order valence-corrected chi connectivity index (χ1v) is 8.93. The van der Waals surface area contributed by atoms with Crippen molar-refractivity contribution >= 4 is 0 Å². The molecule has 0 saturated heterocycles. The van der Waals surface area contributed by atoms with Gasteiger partial charge in [0, 0.05) is 12.5 Å². The molecule has 1 fully saturated rings. The Morgan fingerprint density at radius 3 is 2.43 bits per heavy atom. The number of rotatable bonds is 3. The van der Waals surface area contributed by atoms with Gasteiger partial charge in [-0.2, -0.15) is 0 Å². The van der Waals surface area contributed by atoms with Crippen LogP contribution in [-0.2, 0) is 6.42 Å². The van der Waals surface area contributed by atoms with E-state index in [9.17, 15) is 5.11 Å². The first-order valence-electron chi connectivity index (χ1n) is 8.93. The fourth-order valence-corrected chi connectivity index (χ4v) is 3.68. The standard InChI is InChI=1S/C16H22O.C4H10/c1-11-2-3-12(8-11)13-6-7-16-14(9-13)4-5-15(16)10-17;1-3-4-2/h6-7,9,11-12,15,17H,2-5,8,10H2,1H3;3-4H2,1-2H3. The molecule has 2 aliphatic carbocycles. The summed E-state index contributed by atoms with van der Waals surface area (Å²) in [6, 6.07) is 7.02. The summed E-state index contributed by atoms with van der Waals surface area (Å²) in [5.74, 6) is 2.10. The maximum Gasteiger partial charge on any atom is 0.0499 e. The van der Waals surface area contributed by atoms with Crippen LogP contribution in [0.15, 0.2) is 18.2 Å². The van der Waals surface area contributed by atoms with Gasteiger partial charge >= 0.3 is 0 Å². The minimum absolute atomic E-state index is 0.312. The van der Waals surface area contributed by atoms with Crippen LogP contribution in [0, 0.1) is 5.92 Å². The Morgan fingerprint density at radius 2 is 1.86 bits per heavy atom.